The van der Waals surface area contributed by atoms with Gasteiger partial charge in [-0.2, -0.15) is 26.7 Å². The summed E-state index contributed by atoms with van der Waals surface area (Å²) in [5, 5.41) is 2.97. The third-order valence-electron chi connectivity index (χ3n) is 2.96. The fraction of sp³-hybridized carbons (Fsp3) is 0.500. The van der Waals surface area contributed by atoms with E-state index in [-0.39, 0.29) is 0 Å². The highest BCUT2D eigenvalue weighted by atomic mass is 32.2. The van der Waals surface area contributed by atoms with Crippen molar-refractivity contribution in [3.8, 4) is 5.95 Å². The lowest BCUT2D eigenvalue weighted by Crippen LogP contribution is -2.32. The van der Waals surface area contributed by atoms with E-state index in [2.05, 4.69) is 43.3 Å². The molecule has 0 aliphatic rings. The number of nitrogens with one attached hydrogen (secondary N) is 1. The molecule has 1 N–H and O–H groups in total. The first-order chi connectivity index (χ1) is 9.65. The van der Waals surface area contributed by atoms with Crippen molar-refractivity contribution in [3.05, 3.63) is 18.7 Å². The van der Waals surface area contributed by atoms with Gasteiger partial charge in [-0.3, -0.25) is 4.57 Å². The molecule has 0 fully saturated rings. The van der Waals surface area contributed by atoms with Gasteiger partial charge in [0.1, 0.15) is 6.33 Å². The van der Waals surface area contributed by atoms with Crippen LogP contribution >= 0.6 is 11.8 Å². The smallest absolute Gasteiger partial charge is 0.241 e. The fourth-order valence-electron chi connectivity index (χ4n) is 1.67. The molecule has 20 heavy (non-hydrogen) atoms. The van der Waals surface area contributed by atoms with Crippen molar-refractivity contribution in [2.24, 2.45) is 0 Å². The number of rotatable bonds is 6. The number of imidazole rings is 1. The molecule has 0 aromatic carbocycles. The summed E-state index contributed by atoms with van der Waals surface area (Å²) in [7, 11) is 3.79. The molecule has 1 atom stereocenters. The Morgan fingerprint density at radius 1 is 1.40 bits per heavy atom. The third kappa shape index (κ3) is 3.19. The quantitative estimate of drug-likeness (QED) is 0.860. The van der Waals surface area contributed by atoms with Crippen LogP contribution in [0.15, 0.2) is 18.7 Å². The van der Waals surface area contributed by atoms with Gasteiger partial charge in [0.05, 0.1) is 0 Å². The maximum Gasteiger partial charge on any atom is 0.241 e. The standard InChI is InChI=1S/C12H19N7S/c1-9(7-20-4)18(3)11-15-10(13-2)16-12(17-11)19-6-5-14-8-19/h5-6,8-9H,7H2,1-4H3,(H,13,15,16,17). The second-order valence-corrected chi connectivity index (χ2v) is 5.30. The summed E-state index contributed by atoms with van der Waals surface area (Å²) < 4.78 is 1.76. The second kappa shape index (κ2) is 6.56. The van der Waals surface area contributed by atoms with Crippen LogP contribution in [0.5, 0.6) is 0 Å². The maximum atomic E-state index is 4.50. The van der Waals surface area contributed by atoms with E-state index in [1.807, 2.05) is 13.2 Å². The lowest BCUT2D eigenvalue weighted by molar-refractivity contribution is 0.729. The van der Waals surface area contributed by atoms with Crippen LogP contribution in [-0.4, -0.2) is 56.6 Å². The van der Waals surface area contributed by atoms with E-state index in [1.165, 1.54) is 0 Å². The molecule has 1 unspecified atom stereocenters. The van der Waals surface area contributed by atoms with Gasteiger partial charge < -0.3 is 10.2 Å². The predicted molar refractivity (Wildman–Crippen MR) is 82.7 cm³/mol. The molecule has 7 nitrogen and oxygen atoms in total. The molecule has 2 heterocycles. The molecular formula is C12H19N7S. The molecule has 8 heteroatoms. The normalized spacial score (nSPS) is 12.2. The van der Waals surface area contributed by atoms with Crippen LogP contribution in [0.1, 0.15) is 6.92 Å². The minimum atomic E-state index is 0.341. The molecule has 2 rings (SSSR count). The largest absolute Gasteiger partial charge is 0.357 e. The van der Waals surface area contributed by atoms with Gasteiger partial charge in [0.2, 0.25) is 17.8 Å². The second-order valence-electron chi connectivity index (χ2n) is 4.39. The minimum absolute atomic E-state index is 0.341. The zero-order chi connectivity index (χ0) is 14.5. The number of aromatic nitrogens is 5. The van der Waals surface area contributed by atoms with Crippen LogP contribution in [0.25, 0.3) is 5.95 Å². The van der Waals surface area contributed by atoms with Gasteiger partial charge in [-0.05, 0) is 13.2 Å². The Balaban J connectivity index is 2.35. The zero-order valence-corrected chi connectivity index (χ0v) is 12.9. The van der Waals surface area contributed by atoms with E-state index in [4.69, 9.17) is 0 Å². The van der Waals surface area contributed by atoms with Crippen LogP contribution in [0.3, 0.4) is 0 Å². The molecule has 0 aliphatic heterocycles. The van der Waals surface area contributed by atoms with E-state index in [9.17, 15) is 0 Å². The molecular weight excluding hydrogens is 274 g/mol. The lowest BCUT2D eigenvalue weighted by atomic mass is 10.3. The van der Waals surface area contributed by atoms with Gasteiger partial charge in [0.25, 0.3) is 0 Å². The first-order valence-electron chi connectivity index (χ1n) is 6.29. The molecule has 0 amide bonds. The first kappa shape index (κ1) is 14.6. The average Bonchev–Trinajstić information content (AvgIpc) is 3.00. The van der Waals surface area contributed by atoms with E-state index in [0.717, 1.165) is 5.75 Å². The van der Waals surface area contributed by atoms with Gasteiger partial charge in [0, 0.05) is 38.3 Å². The van der Waals surface area contributed by atoms with Gasteiger partial charge >= 0.3 is 0 Å². The minimum Gasteiger partial charge on any atom is -0.357 e. The topological polar surface area (TPSA) is 71.8 Å². The summed E-state index contributed by atoms with van der Waals surface area (Å²) in [6, 6.07) is 0.341. The summed E-state index contributed by atoms with van der Waals surface area (Å²) in [6.07, 6.45) is 7.27. The van der Waals surface area contributed by atoms with Crippen molar-refractivity contribution in [3.63, 3.8) is 0 Å². The Morgan fingerprint density at radius 2 is 2.20 bits per heavy atom. The molecule has 0 spiro atoms. The van der Waals surface area contributed by atoms with Crippen molar-refractivity contribution >= 4 is 23.7 Å². The van der Waals surface area contributed by atoms with E-state index in [1.54, 1.807) is 35.9 Å². The number of anilines is 2. The van der Waals surface area contributed by atoms with Crippen LogP contribution < -0.4 is 10.2 Å². The predicted octanol–water partition coefficient (Wildman–Crippen LogP) is 1.29. The Kier molecular flexibility index (Phi) is 4.78. The van der Waals surface area contributed by atoms with Crippen LogP contribution in [0.2, 0.25) is 0 Å². The van der Waals surface area contributed by atoms with Gasteiger partial charge in [-0.1, -0.05) is 0 Å². The molecule has 2 aromatic heterocycles. The summed E-state index contributed by atoms with van der Waals surface area (Å²) in [6.45, 7) is 2.15. The van der Waals surface area contributed by atoms with Crippen molar-refractivity contribution in [1.29, 1.82) is 0 Å². The van der Waals surface area contributed by atoms with Gasteiger partial charge in [0.15, 0.2) is 0 Å². The van der Waals surface area contributed by atoms with Crippen LogP contribution in [0.4, 0.5) is 11.9 Å². The van der Waals surface area contributed by atoms with E-state index >= 15 is 0 Å². The zero-order valence-electron chi connectivity index (χ0n) is 12.1. The van der Waals surface area contributed by atoms with E-state index in [0.29, 0.717) is 23.9 Å². The average molecular weight is 293 g/mol. The number of hydrogen-bond donors (Lipinski definition) is 1. The highest BCUT2D eigenvalue weighted by Crippen LogP contribution is 2.15. The van der Waals surface area contributed by atoms with Crippen LogP contribution in [0, 0.1) is 0 Å². The van der Waals surface area contributed by atoms with Crippen molar-refractivity contribution in [2.75, 3.05) is 36.3 Å². The van der Waals surface area contributed by atoms with Gasteiger partial charge in [-0.25, -0.2) is 4.98 Å². The Morgan fingerprint density at radius 3 is 2.80 bits per heavy atom. The number of thioether (sulfide) groups is 1. The monoisotopic (exact) mass is 293 g/mol. The van der Waals surface area contributed by atoms with Crippen molar-refractivity contribution in [2.45, 2.75) is 13.0 Å². The molecule has 0 radical (unpaired) electrons. The number of nitrogens with zero attached hydrogens (tertiary/aromatic N) is 6. The molecule has 0 saturated carbocycles. The lowest BCUT2D eigenvalue weighted by Gasteiger charge is -2.24. The summed E-state index contributed by atoms with van der Waals surface area (Å²) in [4.78, 5) is 19.3. The highest BCUT2D eigenvalue weighted by molar-refractivity contribution is 7.98. The SMILES string of the molecule is CNc1nc(N(C)C(C)CSC)nc(-n2ccnc2)n1. The van der Waals surface area contributed by atoms with Crippen molar-refractivity contribution in [1.82, 2.24) is 24.5 Å². The Labute approximate surface area is 122 Å². The molecule has 108 valence electrons. The molecule has 0 saturated heterocycles. The van der Waals surface area contributed by atoms with Crippen LogP contribution in [-0.2, 0) is 0 Å². The maximum absolute atomic E-state index is 4.50. The fourth-order valence-corrected chi connectivity index (χ4v) is 2.37. The summed E-state index contributed by atoms with van der Waals surface area (Å²) in [5.74, 6) is 2.76. The first-order valence-corrected chi connectivity index (χ1v) is 7.69. The summed E-state index contributed by atoms with van der Waals surface area (Å²) >= 11 is 1.80. The van der Waals surface area contributed by atoms with Crippen molar-refractivity contribution < 1.29 is 0 Å². The van der Waals surface area contributed by atoms with E-state index < -0.39 is 0 Å². The molecule has 0 bridgehead atoms. The Bertz CT molecular complexity index is 543. The highest BCUT2D eigenvalue weighted by Gasteiger charge is 2.15. The summed E-state index contributed by atoms with van der Waals surface area (Å²) in [5.41, 5.74) is 0. The molecule has 2 aromatic rings. The molecule has 0 aliphatic carbocycles. The third-order valence-corrected chi connectivity index (χ3v) is 3.77. The Hall–Kier alpha value is -1.83. The van der Waals surface area contributed by atoms with Gasteiger partial charge in [-0.15, -0.1) is 0 Å². The number of hydrogen-bond acceptors (Lipinski definition) is 7.